The van der Waals surface area contributed by atoms with E-state index in [1.807, 2.05) is 24.1 Å². The third-order valence-corrected chi connectivity index (χ3v) is 5.82. The summed E-state index contributed by atoms with van der Waals surface area (Å²) in [4.78, 5) is 14.2. The maximum absolute atomic E-state index is 12.4. The van der Waals surface area contributed by atoms with Crippen molar-refractivity contribution in [1.82, 2.24) is 4.90 Å². The van der Waals surface area contributed by atoms with Gasteiger partial charge in [0, 0.05) is 20.0 Å². The van der Waals surface area contributed by atoms with E-state index in [0.29, 0.717) is 13.0 Å². The van der Waals surface area contributed by atoms with Gasteiger partial charge in [-0.1, -0.05) is 56.9 Å². The Labute approximate surface area is 165 Å². The molecule has 0 radical (unpaired) electrons. The van der Waals surface area contributed by atoms with E-state index in [1.54, 1.807) is 0 Å². The molecule has 150 valence electrons. The van der Waals surface area contributed by atoms with Gasteiger partial charge in [-0.05, 0) is 45.1 Å². The largest absolute Gasteiger partial charge is 0.494 e. The number of carbonyl (C=O) groups excluding carboxylic acids is 1. The Morgan fingerprint density at radius 2 is 1.67 bits per heavy atom. The monoisotopic (exact) mass is 373 g/mol. The summed E-state index contributed by atoms with van der Waals surface area (Å²) in [5.41, 5.74) is 1.41. The Morgan fingerprint density at radius 3 is 2.30 bits per heavy atom. The summed E-state index contributed by atoms with van der Waals surface area (Å²) in [7, 11) is 1.52. The molecule has 0 spiro atoms. The first-order valence-corrected chi connectivity index (χ1v) is 10.3. The molecule has 1 amide bonds. The van der Waals surface area contributed by atoms with Crippen molar-refractivity contribution in [3.8, 4) is 0 Å². The summed E-state index contributed by atoms with van der Waals surface area (Å²) >= 11 is 0. The third kappa shape index (κ3) is 5.82. The second-order valence-electron chi connectivity index (χ2n) is 8.75. The van der Waals surface area contributed by atoms with Crippen molar-refractivity contribution in [1.29, 1.82) is 0 Å². The lowest BCUT2D eigenvalue weighted by atomic mass is 9.78. The van der Waals surface area contributed by atoms with Gasteiger partial charge >= 0.3 is 7.12 Å². The number of hydrogen-bond acceptors (Lipinski definition) is 3. The zero-order chi connectivity index (χ0) is 20.1. The molecule has 1 aliphatic rings. The standard InChI is InChI=1S/C22H36BNO3/c1-7-8-9-10-11-15-20(25)24(6)17-18-13-12-14-19(16-18)23-26-21(2,3)22(4,5)27-23/h12-14,16H,7-11,15,17H2,1-6H3. The molecule has 0 saturated carbocycles. The van der Waals surface area contributed by atoms with Crippen LogP contribution in [0.25, 0.3) is 0 Å². The van der Waals surface area contributed by atoms with Crippen LogP contribution < -0.4 is 5.46 Å². The van der Waals surface area contributed by atoms with Gasteiger partial charge in [0.15, 0.2) is 0 Å². The molecule has 1 aliphatic heterocycles. The Bertz CT molecular complexity index is 614. The molecule has 0 unspecified atom stereocenters. The molecule has 1 saturated heterocycles. The van der Waals surface area contributed by atoms with E-state index in [-0.39, 0.29) is 24.2 Å². The average molecular weight is 373 g/mol. The van der Waals surface area contributed by atoms with Gasteiger partial charge in [0.2, 0.25) is 5.91 Å². The summed E-state index contributed by atoms with van der Waals surface area (Å²) in [6.07, 6.45) is 6.48. The summed E-state index contributed by atoms with van der Waals surface area (Å²) in [5, 5.41) is 0. The van der Waals surface area contributed by atoms with Crippen LogP contribution in [0.2, 0.25) is 0 Å². The van der Waals surface area contributed by atoms with Crippen LogP contribution in [-0.4, -0.2) is 36.2 Å². The number of unbranched alkanes of at least 4 members (excludes halogenated alkanes) is 4. The lowest BCUT2D eigenvalue weighted by Crippen LogP contribution is -2.41. The fourth-order valence-electron chi connectivity index (χ4n) is 3.25. The van der Waals surface area contributed by atoms with Gasteiger partial charge in [-0.15, -0.1) is 0 Å². The quantitative estimate of drug-likeness (QED) is 0.478. The highest BCUT2D eigenvalue weighted by molar-refractivity contribution is 6.62. The molecule has 0 N–H and O–H groups in total. The second-order valence-corrected chi connectivity index (χ2v) is 8.75. The third-order valence-electron chi connectivity index (χ3n) is 5.82. The van der Waals surface area contributed by atoms with Crippen LogP contribution in [0.1, 0.15) is 78.7 Å². The smallest absolute Gasteiger partial charge is 0.399 e. The van der Waals surface area contributed by atoms with Crippen LogP contribution in [0.15, 0.2) is 24.3 Å². The summed E-state index contributed by atoms with van der Waals surface area (Å²) in [6.45, 7) is 11.1. The molecule has 0 aliphatic carbocycles. The van der Waals surface area contributed by atoms with Gasteiger partial charge < -0.3 is 14.2 Å². The van der Waals surface area contributed by atoms with Crippen molar-refractivity contribution >= 4 is 18.5 Å². The molecule has 2 rings (SSSR count). The zero-order valence-electron chi connectivity index (χ0n) is 18.0. The topological polar surface area (TPSA) is 38.8 Å². The molecule has 0 atom stereocenters. The Morgan fingerprint density at radius 1 is 1.04 bits per heavy atom. The minimum absolute atomic E-state index is 0.215. The van der Waals surface area contributed by atoms with Crippen molar-refractivity contribution in [3.63, 3.8) is 0 Å². The van der Waals surface area contributed by atoms with Gasteiger partial charge in [-0.2, -0.15) is 0 Å². The molecule has 0 aromatic heterocycles. The van der Waals surface area contributed by atoms with Crippen LogP contribution in [-0.2, 0) is 20.6 Å². The van der Waals surface area contributed by atoms with Gasteiger partial charge in [0.1, 0.15) is 0 Å². The predicted molar refractivity (Wildman–Crippen MR) is 112 cm³/mol. The van der Waals surface area contributed by atoms with E-state index >= 15 is 0 Å². The second kappa shape index (κ2) is 9.25. The average Bonchev–Trinajstić information content (AvgIpc) is 2.82. The maximum Gasteiger partial charge on any atom is 0.494 e. The number of amides is 1. The first-order valence-electron chi connectivity index (χ1n) is 10.3. The highest BCUT2D eigenvalue weighted by Crippen LogP contribution is 2.36. The van der Waals surface area contributed by atoms with Crippen molar-refractivity contribution in [3.05, 3.63) is 29.8 Å². The Balaban J connectivity index is 1.91. The SMILES string of the molecule is CCCCCCCC(=O)N(C)Cc1cccc(B2OC(C)(C)C(C)(C)O2)c1. The van der Waals surface area contributed by atoms with Crippen LogP contribution in [0.4, 0.5) is 0 Å². The molecule has 5 heteroatoms. The van der Waals surface area contributed by atoms with Crippen LogP contribution >= 0.6 is 0 Å². The molecule has 0 bridgehead atoms. The first-order chi connectivity index (χ1) is 12.7. The Kier molecular flexibility index (Phi) is 7.52. The van der Waals surface area contributed by atoms with E-state index in [9.17, 15) is 4.79 Å². The minimum atomic E-state index is -0.366. The van der Waals surface area contributed by atoms with Crippen molar-refractivity contribution in [2.75, 3.05) is 7.05 Å². The molecule has 1 aromatic carbocycles. The van der Waals surface area contributed by atoms with E-state index in [1.165, 1.54) is 19.3 Å². The van der Waals surface area contributed by atoms with Crippen LogP contribution in [0, 0.1) is 0 Å². The summed E-state index contributed by atoms with van der Waals surface area (Å²) in [6, 6.07) is 8.19. The van der Waals surface area contributed by atoms with Crippen LogP contribution in [0.5, 0.6) is 0 Å². The van der Waals surface area contributed by atoms with E-state index < -0.39 is 0 Å². The van der Waals surface area contributed by atoms with Gasteiger partial charge in [0.25, 0.3) is 0 Å². The molecule has 1 fully saturated rings. The number of benzene rings is 1. The molecule has 1 aromatic rings. The van der Waals surface area contributed by atoms with E-state index in [4.69, 9.17) is 9.31 Å². The number of carbonyl (C=O) groups is 1. The van der Waals surface area contributed by atoms with E-state index in [0.717, 1.165) is 23.9 Å². The van der Waals surface area contributed by atoms with Crippen molar-refractivity contribution < 1.29 is 14.1 Å². The molecular formula is C22H36BNO3. The lowest BCUT2D eigenvalue weighted by molar-refractivity contribution is -0.130. The highest BCUT2D eigenvalue weighted by atomic mass is 16.7. The predicted octanol–water partition coefficient (Wildman–Crippen LogP) is 4.30. The molecule has 1 heterocycles. The molecular weight excluding hydrogens is 337 g/mol. The molecule has 4 nitrogen and oxygen atoms in total. The summed E-state index contributed by atoms with van der Waals surface area (Å²) in [5.74, 6) is 0.215. The molecule has 27 heavy (non-hydrogen) atoms. The normalized spacial score (nSPS) is 17.9. The van der Waals surface area contributed by atoms with Gasteiger partial charge in [0.05, 0.1) is 11.2 Å². The summed E-state index contributed by atoms with van der Waals surface area (Å²) < 4.78 is 12.3. The van der Waals surface area contributed by atoms with Crippen molar-refractivity contribution in [2.24, 2.45) is 0 Å². The fraction of sp³-hybridized carbons (Fsp3) is 0.682. The van der Waals surface area contributed by atoms with Crippen LogP contribution in [0.3, 0.4) is 0 Å². The highest BCUT2D eigenvalue weighted by Gasteiger charge is 2.51. The number of nitrogens with zero attached hydrogens (tertiary/aromatic N) is 1. The Hall–Kier alpha value is -1.33. The van der Waals surface area contributed by atoms with Gasteiger partial charge in [-0.3, -0.25) is 4.79 Å². The maximum atomic E-state index is 12.4. The number of rotatable bonds is 9. The zero-order valence-corrected chi connectivity index (χ0v) is 18.0. The van der Waals surface area contributed by atoms with Gasteiger partial charge in [-0.25, -0.2) is 0 Å². The van der Waals surface area contributed by atoms with Crippen molar-refractivity contribution in [2.45, 2.75) is 90.9 Å². The first kappa shape index (κ1) is 22.0. The minimum Gasteiger partial charge on any atom is -0.399 e. The fourth-order valence-corrected chi connectivity index (χ4v) is 3.25. The number of hydrogen-bond donors (Lipinski definition) is 0. The van der Waals surface area contributed by atoms with E-state index in [2.05, 4.69) is 46.8 Å². The lowest BCUT2D eigenvalue weighted by Gasteiger charge is -2.32.